The maximum atomic E-state index is 5.59. The summed E-state index contributed by atoms with van der Waals surface area (Å²) in [6.45, 7) is 3.31. The minimum atomic E-state index is 0.373. The monoisotopic (exact) mass is 267 g/mol. The topological polar surface area (TPSA) is 42.1 Å². The van der Waals surface area contributed by atoms with E-state index in [-0.39, 0.29) is 0 Å². The van der Waals surface area contributed by atoms with E-state index < -0.39 is 0 Å². The van der Waals surface area contributed by atoms with Crippen molar-refractivity contribution in [2.45, 2.75) is 13.0 Å². The lowest BCUT2D eigenvalue weighted by Gasteiger charge is -2.19. The Balaban J connectivity index is 2.01. The molecular weight excluding hydrogens is 250 g/mol. The molecule has 92 valence electrons. The van der Waals surface area contributed by atoms with Crippen molar-refractivity contribution in [1.82, 2.24) is 9.88 Å². The van der Waals surface area contributed by atoms with Gasteiger partial charge in [-0.15, -0.1) is 0 Å². The molecule has 0 spiro atoms. The highest BCUT2D eigenvalue weighted by atomic mass is 32.2. The number of pyridine rings is 1. The predicted octanol–water partition coefficient (Wildman–Crippen LogP) is 1.65. The first kappa shape index (κ1) is 12.8. The second kappa shape index (κ2) is 6.33. The average Bonchev–Trinajstić information content (AvgIpc) is 2.58. The van der Waals surface area contributed by atoms with Crippen molar-refractivity contribution in [2.24, 2.45) is 5.73 Å². The van der Waals surface area contributed by atoms with Gasteiger partial charge in [0.25, 0.3) is 0 Å². The van der Waals surface area contributed by atoms with Crippen molar-refractivity contribution in [1.29, 1.82) is 0 Å². The zero-order chi connectivity index (χ0) is 12.1. The molecule has 0 amide bonds. The van der Waals surface area contributed by atoms with Crippen LogP contribution in [0.4, 0.5) is 0 Å². The molecule has 2 heterocycles. The van der Waals surface area contributed by atoms with Crippen LogP contribution >= 0.6 is 24.0 Å². The Morgan fingerprint density at radius 3 is 3.18 bits per heavy atom. The Labute approximate surface area is 112 Å². The van der Waals surface area contributed by atoms with Gasteiger partial charge in [0, 0.05) is 25.0 Å². The standard InChI is InChI=1S/C12H17N3S2/c13-12(16)11-8-10(2-3-14-11)9-15-4-1-6-17-7-5-15/h2-3,8H,1,4-7,9H2,(H2,13,16). The van der Waals surface area contributed by atoms with Gasteiger partial charge in [-0.05, 0) is 36.4 Å². The van der Waals surface area contributed by atoms with Crippen LogP contribution in [0.3, 0.4) is 0 Å². The van der Waals surface area contributed by atoms with Crippen LogP contribution in [0.25, 0.3) is 0 Å². The molecule has 0 aliphatic carbocycles. The van der Waals surface area contributed by atoms with Crippen LogP contribution in [-0.2, 0) is 6.54 Å². The third-order valence-corrected chi connectivity index (χ3v) is 4.06. The van der Waals surface area contributed by atoms with Gasteiger partial charge in [-0.25, -0.2) is 0 Å². The van der Waals surface area contributed by atoms with Crippen LogP contribution in [0.2, 0.25) is 0 Å². The third-order valence-electron chi connectivity index (χ3n) is 2.80. The fraction of sp³-hybridized carbons (Fsp3) is 0.500. The SMILES string of the molecule is NC(=S)c1cc(CN2CCCSCC2)ccn1. The van der Waals surface area contributed by atoms with E-state index in [0.29, 0.717) is 4.99 Å². The number of rotatable bonds is 3. The van der Waals surface area contributed by atoms with Crippen LogP contribution < -0.4 is 5.73 Å². The highest BCUT2D eigenvalue weighted by Crippen LogP contribution is 2.13. The summed E-state index contributed by atoms with van der Waals surface area (Å²) in [5.41, 5.74) is 7.56. The van der Waals surface area contributed by atoms with Gasteiger partial charge in [-0.1, -0.05) is 12.2 Å². The summed E-state index contributed by atoms with van der Waals surface area (Å²) in [7, 11) is 0. The molecule has 1 aromatic rings. The van der Waals surface area contributed by atoms with Gasteiger partial charge in [0.15, 0.2) is 0 Å². The van der Waals surface area contributed by atoms with E-state index in [2.05, 4.69) is 9.88 Å². The molecular formula is C12H17N3S2. The van der Waals surface area contributed by atoms with Crippen molar-refractivity contribution >= 4 is 29.0 Å². The molecule has 1 aliphatic rings. The number of nitrogens with zero attached hydrogens (tertiary/aromatic N) is 2. The summed E-state index contributed by atoms with van der Waals surface area (Å²) >= 11 is 6.99. The zero-order valence-electron chi connectivity index (χ0n) is 9.76. The normalized spacial score (nSPS) is 17.6. The molecule has 0 bridgehead atoms. The quantitative estimate of drug-likeness (QED) is 0.844. The number of thiocarbonyl (C=S) groups is 1. The second-order valence-electron chi connectivity index (χ2n) is 4.16. The van der Waals surface area contributed by atoms with Gasteiger partial charge in [0.05, 0.1) is 5.69 Å². The molecule has 2 N–H and O–H groups in total. The summed E-state index contributed by atoms with van der Waals surface area (Å²) < 4.78 is 0. The first-order valence-electron chi connectivity index (χ1n) is 5.80. The molecule has 0 atom stereocenters. The molecule has 1 fully saturated rings. The van der Waals surface area contributed by atoms with Gasteiger partial charge in [-0.3, -0.25) is 9.88 Å². The molecule has 1 aromatic heterocycles. The minimum Gasteiger partial charge on any atom is -0.388 e. The Hall–Kier alpha value is -0.650. The van der Waals surface area contributed by atoms with Crippen LogP contribution in [0.5, 0.6) is 0 Å². The highest BCUT2D eigenvalue weighted by molar-refractivity contribution is 7.99. The maximum absolute atomic E-state index is 5.59. The summed E-state index contributed by atoms with van der Waals surface area (Å²) in [5.74, 6) is 2.51. The van der Waals surface area contributed by atoms with Crippen LogP contribution in [-0.4, -0.2) is 39.5 Å². The lowest BCUT2D eigenvalue weighted by atomic mass is 10.2. The smallest absolute Gasteiger partial charge is 0.122 e. The fourth-order valence-corrected chi connectivity index (χ4v) is 2.96. The first-order chi connectivity index (χ1) is 8.25. The molecule has 0 radical (unpaired) electrons. The van der Waals surface area contributed by atoms with Gasteiger partial charge >= 0.3 is 0 Å². The number of aromatic nitrogens is 1. The predicted molar refractivity (Wildman–Crippen MR) is 77.3 cm³/mol. The Morgan fingerprint density at radius 2 is 2.35 bits per heavy atom. The van der Waals surface area contributed by atoms with Crippen LogP contribution in [0.1, 0.15) is 17.7 Å². The van der Waals surface area contributed by atoms with Gasteiger partial charge in [0.1, 0.15) is 4.99 Å². The molecule has 0 aromatic carbocycles. The van der Waals surface area contributed by atoms with E-state index >= 15 is 0 Å². The Bertz CT molecular complexity index is 387. The minimum absolute atomic E-state index is 0.373. The largest absolute Gasteiger partial charge is 0.388 e. The molecule has 5 heteroatoms. The van der Waals surface area contributed by atoms with E-state index in [0.717, 1.165) is 18.8 Å². The molecule has 2 rings (SSSR count). The van der Waals surface area contributed by atoms with E-state index in [9.17, 15) is 0 Å². The Kier molecular flexibility index (Phi) is 4.76. The van der Waals surface area contributed by atoms with Crippen LogP contribution in [0.15, 0.2) is 18.3 Å². The Morgan fingerprint density at radius 1 is 1.47 bits per heavy atom. The molecule has 0 saturated carbocycles. The van der Waals surface area contributed by atoms with Crippen molar-refractivity contribution in [2.75, 3.05) is 24.6 Å². The second-order valence-corrected chi connectivity index (χ2v) is 5.82. The zero-order valence-corrected chi connectivity index (χ0v) is 11.4. The fourth-order valence-electron chi connectivity index (χ4n) is 1.92. The van der Waals surface area contributed by atoms with Crippen molar-refractivity contribution in [3.8, 4) is 0 Å². The van der Waals surface area contributed by atoms with E-state index in [1.165, 1.54) is 30.0 Å². The summed E-state index contributed by atoms with van der Waals surface area (Å²) in [5, 5.41) is 0. The third kappa shape index (κ3) is 3.94. The van der Waals surface area contributed by atoms with Crippen molar-refractivity contribution in [3.05, 3.63) is 29.6 Å². The first-order valence-corrected chi connectivity index (χ1v) is 7.37. The summed E-state index contributed by atoms with van der Waals surface area (Å²) in [6, 6.07) is 4.04. The van der Waals surface area contributed by atoms with Gasteiger partial charge < -0.3 is 5.73 Å². The average molecular weight is 267 g/mol. The number of thioether (sulfide) groups is 1. The van der Waals surface area contributed by atoms with Gasteiger partial charge in [-0.2, -0.15) is 11.8 Å². The van der Waals surface area contributed by atoms with Gasteiger partial charge in [0.2, 0.25) is 0 Å². The van der Waals surface area contributed by atoms with Crippen molar-refractivity contribution in [3.63, 3.8) is 0 Å². The number of hydrogen-bond acceptors (Lipinski definition) is 4. The molecule has 0 unspecified atom stereocenters. The van der Waals surface area contributed by atoms with E-state index in [4.69, 9.17) is 18.0 Å². The van der Waals surface area contributed by atoms with Crippen molar-refractivity contribution < 1.29 is 0 Å². The lowest BCUT2D eigenvalue weighted by Crippen LogP contribution is -2.25. The summed E-state index contributed by atoms with van der Waals surface area (Å²) in [4.78, 5) is 7.02. The number of nitrogens with two attached hydrogens (primary N) is 1. The molecule has 1 aliphatic heterocycles. The molecule has 3 nitrogen and oxygen atoms in total. The maximum Gasteiger partial charge on any atom is 0.122 e. The van der Waals surface area contributed by atoms with Crippen LogP contribution in [0, 0.1) is 0 Å². The summed E-state index contributed by atoms with van der Waals surface area (Å²) in [6.07, 6.45) is 3.06. The lowest BCUT2D eigenvalue weighted by molar-refractivity contribution is 0.287. The number of hydrogen-bond donors (Lipinski definition) is 1. The molecule has 1 saturated heterocycles. The molecule has 17 heavy (non-hydrogen) atoms. The van der Waals surface area contributed by atoms with E-state index in [1.807, 2.05) is 23.9 Å². The highest BCUT2D eigenvalue weighted by Gasteiger charge is 2.10. The van der Waals surface area contributed by atoms with E-state index in [1.54, 1.807) is 6.20 Å².